The predicted molar refractivity (Wildman–Crippen MR) is 85.2 cm³/mol. The van der Waals surface area contributed by atoms with Crippen LogP contribution in [0, 0.1) is 0 Å². The van der Waals surface area contributed by atoms with Crippen LogP contribution in [0.1, 0.15) is 31.7 Å². The van der Waals surface area contributed by atoms with Gasteiger partial charge in [0.2, 0.25) is 0 Å². The molecule has 1 saturated carbocycles. The van der Waals surface area contributed by atoms with Crippen molar-refractivity contribution in [3.8, 4) is 0 Å². The molecule has 3 rings (SSSR count). The van der Waals surface area contributed by atoms with E-state index in [1.54, 1.807) is 0 Å². The summed E-state index contributed by atoms with van der Waals surface area (Å²) in [5.41, 5.74) is 2.45. The number of aromatic nitrogens is 1. The first-order valence-corrected chi connectivity index (χ1v) is 7.63. The van der Waals surface area contributed by atoms with Gasteiger partial charge in [0.05, 0.1) is 5.52 Å². The Labute approximate surface area is 121 Å². The van der Waals surface area contributed by atoms with Crippen molar-refractivity contribution in [1.29, 1.82) is 0 Å². The summed E-state index contributed by atoms with van der Waals surface area (Å²) in [6, 6.07) is 11.4. The Morgan fingerprint density at radius 3 is 2.80 bits per heavy atom. The fourth-order valence-corrected chi connectivity index (χ4v) is 2.83. The number of hydrogen-bond acceptors (Lipinski definition) is 3. The number of para-hydroxylation sites is 1. The molecule has 3 nitrogen and oxygen atoms in total. The standard InChI is InChI=1S/C17H23N3/c1-3-10-20(14-8-9-14)17-11-13(12-18-2)15-6-4-5-7-16(15)19-17/h4-7,11,14,18H,3,8-10,12H2,1-2H3. The summed E-state index contributed by atoms with van der Waals surface area (Å²) in [5, 5.41) is 4.53. The third kappa shape index (κ3) is 2.63. The van der Waals surface area contributed by atoms with Crippen LogP contribution in [0.3, 0.4) is 0 Å². The van der Waals surface area contributed by atoms with Crippen molar-refractivity contribution in [2.45, 2.75) is 38.8 Å². The zero-order valence-electron chi connectivity index (χ0n) is 12.4. The average Bonchev–Trinajstić information content (AvgIpc) is 3.29. The summed E-state index contributed by atoms with van der Waals surface area (Å²) in [6.45, 7) is 4.24. The molecule has 20 heavy (non-hydrogen) atoms. The topological polar surface area (TPSA) is 28.2 Å². The van der Waals surface area contributed by atoms with E-state index in [4.69, 9.17) is 4.98 Å². The molecule has 1 heterocycles. The summed E-state index contributed by atoms with van der Waals surface area (Å²) in [6.07, 6.45) is 3.80. The lowest BCUT2D eigenvalue weighted by atomic mass is 10.1. The molecule has 3 heteroatoms. The van der Waals surface area contributed by atoms with Gasteiger partial charge in [-0.1, -0.05) is 25.1 Å². The number of hydrogen-bond donors (Lipinski definition) is 1. The van der Waals surface area contributed by atoms with E-state index in [1.165, 1.54) is 30.2 Å². The van der Waals surface area contributed by atoms with Crippen molar-refractivity contribution in [2.75, 3.05) is 18.5 Å². The van der Waals surface area contributed by atoms with Gasteiger partial charge in [0.25, 0.3) is 0 Å². The van der Waals surface area contributed by atoms with Crippen LogP contribution in [0.15, 0.2) is 30.3 Å². The van der Waals surface area contributed by atoms with Crippen molar-refractivity contribution < 1.29 is 0 Å². The number of fused-ring (bicyclic) bond motifs is 1. The van der Waals surface area contributed by atoms with Gasteiger partial charge in [0, 0.05) is 24.5 Å². The predicted octanol–water partition coefficient (Wildman–Crippen LogP) is 3.33. The van der Waals surface area contributed by atoms with E-state index in [2.05, 4.69) is 47.5 Å². The fourth-order valence-electron chi connectivity index (χ4n) is 2.83. The molecule has 0 amide bonds. The van der Waals surface area contributed by atoms with E-state index in [0.29, 0.717) is 6.04 Å². The lowest BCUT2D eigenvalue weighted by Crippen LogP contribution is -2.27. The van der Waals surface area contributed by atoms with Gasteiger partial charge in [-0.15, -0.1) is 0 Å². The van der Waals surface area contributed by atoms with Crippen LogP contribution in [-0.2, 0) is 6.54 Å². The molecule has 2 aromatic rings. The molecule has 0 saturated heterocycles. The number of rotatable bonds is 6. The van der Waals surface area contributed by atoms with Gasteiger partial charge in [-0.25, -0.2) is 4.98 Å². The minimum atomic E-state index is 0.714. The normalized spacial score (nSPS) is 14.7. The fraction of sp³-hybridized carbons (Fsp3) is 0.471. The van der Waals surface area contributed by atoms with Crippen LogP contribution in [0.2, 0.25) is 0 Å². The summed E-state index contributed by atoms with van der Waals surface area (Å²) in [5.74, 6) is 1.15. The Hall–Kier alpha value is -1.61. The Kier molecular flexibility index (Phi) is 3.88. The SMILES string of the molecule is CCCN(c1cc(CNC)c2ccccc2n1)C1CC1. The van der Waals surface area contributed by atoms with Crippen LogP contribution in [-0.4, -0.2) is 24.6 Å². The van der Waals surface area contributed by atoms with Gasteiger partial charge >= 0.3 is 0 Å². The first-order valence-electron chi connectivity index (χ1n) is 7.63. The largest absolute Gasteiger partial charge is 0.354 e. The van der Waals surface area contributed by atoms with Crippen molar-refractivity contribution in [3.05, 3.63) is 35.9 Å². The molecular weight excluding hydrogens is 246 g/mol. The number of pyridine rings is 1. The molecule has 106 valence electrons. The second kappa shape index (κ2) is 5.80. The summed E-state index contributed by atoms with van der Waals surface area (Å²) >= 11 is 0. The molecule has 1 aliphatic carbocycles. The zero-order chi connectivity index (χ0) is 13.9. The number of nitrogens with one attached hydrogen (secondary N) is 1. The minimum Gasteiger partial charge on any atom is -0.354 e. The highest BCUT2D eigenvalue weighted by Gasteiger charge is 2.29. The second-order valence-corrected chi connectivity index (χ2v) is 5.61. The molecule has 0 aliphatic heterocycles. The molecule has 0 unspecified atom stereocenters. The highest BCUT2D eigenvalue weighted by molar-refractivity contribution is 5.84. The summed E-state index contributed by atoms with van der Waals surface area (Å²) in [4.78, 5) is 7.39. The third-order valence-corrected chi connectivity index (χ3v) is 3.90. The van der Waals surface area contributed by atoms with Crippen molar-refractivity contribution in [1.82, 2.24) is 10.3 Å². The average molecular weight is 269 g/mol. The van der Waals surface area contributed by atoms with Crippen LogP contribution >= 0.6 is 0 Å². The molecule has 0 bridgehead atoms. The van der Waals surface area contributed by atoms with Crippen molar-refractivity contribution in [2.24, 2.45) is 0 Å². The summed E-state index contributed by atoms with van der Waals surface area (Å²) in [7, 11) is 2.00. The first kappa shape index (κ1) is 13.4. The molecule has 1 fully saturated rings. The molecule has 0 radical (unpaired) electrons. The van der Waals surface area contributed by atoms with E-state index in [0.717, 1.165) is 24.4 Å². The lowest BCUT2D eigenvalue weighted by molar-refractivity contribution is 0.749. The zero-order valence-corrected chi connectivity index (χ0v) is 12.4. The lowest BCUT2D eigenvalue weighted by Gasteiger charge is -2.24. The van der Waals surface area contributed by atoms with E-state index in [1.807, 2.05) is 7.05 Å². The van der Waals surface area contributed by atoms with Gasteiger partial charge < -0.3 is 10.2 Å². The monoisotopic (exact) mass is 269 g/mol. The molecule has 0 spiro atoms. The summed E-state index contributed by atoms with van der Waals surface area (Å²) < 4.78 is 0. The van der Waals surface area contributed by atoms with Gasteiger partial charge in [0.1, 0.15) is 5.82 Å². The number of nitrogens with zero attached hydrogens (tertiary/aromatic N) is 2. The van der Waals surface area contributed by atoms with Crippen LogP contribution in [0.25, 0.3) is 10.9 Å². The van der Waals surface area contributed by atoms with Crippen LogP contribution < -0.4 is 10.2 Å². The van der Waals surface area contributed by atoms with Gasteiger partial charge in [-0.05, 0) is 44.0 Å². The second-order valence-electron chi connectivity index (χ2n) is 5.61. The van der Waals surface area contributed by atoms with Gasteiger partial charge in [-0.2, -0.15) is 0 Å². The van der Waals surface area contributed by atoms with Crippen molar-refractivity contribution in [3.63, 3.8) is 0 Å². The van der Waals surface area contributed by atoms with Crippen molar-refractivity contribution >= 4 is 16.7 Å². The van der Waals surface area contributed by atoms with E-state index in [-0.39, 0.29) is 0 Å². The number of benzene rings is 1. The Morgan fingerprint density at radius 1 is 1.30 bits per heavy atom. The van der Waals surface area contributed by atoms with Gasteiger partial charge in [-0.3, -0.25) is 0 Å². The Morgan fingerprint density at radius 2 is 2.10 bits per heavy atom. The maximum atomic E-state index is 4.90. The van der Waals surface area contributed by atoms with Gasteiger partial charge in [0.15, 0.2) is 0 Å². The highest BCUT2D eigenvalue weighted by Crippen LogP contribution is 2.32. The first-order chi connectivity index (χ1) is 9.83. The third-order valence-electron chi connectivity index (χ3n) is 3.90. The smallest absolute Gasteiger partial charge is 0.129 e. The molecule has 0 atom stereocenters. The quantitative estimate of drug-likeness (QED) is 0.872. The van der Waals surface area contributed by atoms with E-state index in [9.17, 15) is 0 Å². The Balaban J connectivity index is 2.05. The van der Waals surface area contributed by atoms with Crippen LogP contribution in [0.5, 0.6) is 0 Å². The van der Waals surface area contributed by atoms with E-state index < -0.39 is 0 Å². The molecule has 1 aliphatic rings. The highest BCUT2D eigenvalue weighted by atomic mass is 15.2. The van der Waals surface area contributed by atoms with E-state index >= 15 is 0 Å². The molecule has 1 N–H and O–H groups in total. The molecule has 1 aromatic heterocycles. The maximum Gasteiger partial charge on any atom is 0.129 e. The minimum absolute atomic E-state index is 0.714. The maximum absolute atomic E-state index is 4.90. The molecule has 1 aromatic carbocycles. The molecular formula is C17H23N3. The number of anilines is 1. The Bertz CT molecular complexity index is 590. The van der Waals surface area contributed by atoms with Crippen LogP contribution in [0.4, 0.5) is 5.82 Å².